The van der Waals surface area contributed by atoms with E-state index in [1.807, 2.05) is 18.2 Å². The van der Waals surface area contributed by atoms with Gasteiger partial charge >= 0.3 is 0 Å². The molecule has 0 aliphatic rings. The van der Waals surface area contributed by atoms with Crippen LogP contribution in [-0.2, 0) is 6.54 Å². The highest BCUT2D eigenvalue weighted by atomic mass is 79.9. The predicted octanol–water partition coefficient (Wildman–Crippen LogP) is 2.34. The molecule has 0 spiro atoms. The summed E-state index contributed by atoms with van der Waals surface area (Å²) < 4.78 is 0.844. The van der Waals surface area contributed by atoms with Crippen LogP contribution in [0, 0.1) is 5.92 Å². The molecule has 1 atom stereocenters. The molecule has 90 valence electrons. The maximum atomic E-state index is 9.22. The first-order valence-electron chi connectivity index (χ1n) is 5.57. The van der Waals surface area contributed by atoms with Gasteiger partial charge in [-0.25, -0.2) is 4.98 Å². The van der Waals surface area contributed by atoms with Gasteiger partial charge in [0.2, 0.25) is 0 Å². The van der Waals surface area contributed by atoms with E-state index >= 15 is 0 Å². The molecule has 0 saturated heterocycles. The van der Waals surface area contributed by atoms with Crippen molar-refractivity contribution in [3.63, 3.8) is 0 Å². The fourth-order valence-electron chi connectivity index (χ4n) is 1.59. The average molecular weight is 287 g/mol. The molecule has 0 saturated carbocycles. The minimum absolute atomic E-state index is 0.154. The number of nitrogens with one attached hydrogen (secondary N) is 1. The van der Waals surface area contributed by atoms with E-state index in [9.17, 15) is 5.11 Å². The van der Waals surface area contributed by atoms with E-state index in [4.69, 9.17) is 0 Å². The number of rotatable bonds is 6. The van der Waals surface area contributed by atoms with Crippen LogP contribution < -0.4 is 5.32 Å². The fraction of sp³-hybridized carbons (Fsp3) is 0.583. The van der Waals surface area contributed by atoms with Gasteiger partial charge in [-0.05, 0) is 40.4 Å². The molecule has 16 heavy (non-hydrogen) atoms. The Morgan fingerprint density at radius 1 is 1.44 bits per heavy atom. The molecule has 0 amide bonds. The summed E-state index contributed by atoms with van der Waals surface area (Å²) in [5, 5.41) is 12.5. The first-order chi connectivity index (χ1) is 7.61. The van der Waals surface area contributed by atoms with Crippen LogP contribution in [0.2, 0.25) is 0 Å². The minimum Gasteiger partial charge on any atom is -0.395 e. The largest absolute Gasteiger partial charge is 0.395 e. The van der Waals surface area contributed by atoms with Crippen molar-refractivity contribution < 1.29 is 5.11 Å². The standard InChI is InChI=1S/C12H19BrN2O/c1-9(2)6-11(8-16)14-7-10-4-3-5-12(13)15-10/h3-5,9,11,14,16H,6-8H2,1-2H3. The smallest absolute Gasteiger partial charge is 0.106 e. The van der Waals surface area contributed by atoms with Crippen LogP contribution in [0.25, 0.3) is 0 Å². The van der Waals surface area contributed by atoms with Crippen LogP contribution in [0.5, 0.6) is 0 Å². The third kappa shape index (κ3) is 5.05. The molecule has 0 aliphatic heterocycles. The molecule has 0 radical (unpaired) electrons. The number of aliphatic hydroxyl groups excluding tert-OH is 1. The van der Waals surface area contributed by atoms with E-state index in [-0.39, 0.29) is 12.6 Å². The second-order valence-corrected chi connectivity index (χ2v) is 5.15. The van der Waals surface area contributed by atoms with E-state index in [1.54, 1.807) is 0 Å². The Labute approximate surface area is 105 Å². The molecule has 3 nitrogen and oxygen atoms in total. The Morgan fingerprint density at radius 3 is 2.75 bits per heavy atom. The quantitative estimate of drug-likeness (QED) is 0.789. The van der Waals surface area contributed by atoms with Gasteiger partial charge in [-0.2, -0.15) is 0 Å². The average Bonchev–Trinajstić information content (AvgIpc) is 2.24. The van der Waals surface area contributed by atoms with Gasteiger partial charge in [0, 0.05) is 12.6 Å². The van der Waals surface area contributed by atoms with E-state index in [2.05, 4.69) is 40.1 Å². The monoisotopic (exact) mass is 286 g/mol. The molecule has 0 aromatic carbocycles. The summed E-state index contributed by atoms with van der Waals surface area (Å²) in [5.41, 5.74) is 0.983. The van der Waals surface area contributed by atoms with Crippen molar-refractivity contribution in [1.82, 2.24) is 10.3 Å². The Kier molecular flexibility index (Phi) is 5.95. The molecule has 1 heterocycles. The summed E-state index contributed by atoms with van der Waals surface area (Å²) >= 11 is 3.34. The van der Waals surface area contributed by atoms with Crippen molar-refractivity contribution in [2.45, 2.75) is 32.9 Å². The minimum atomic E-state index is 0.154. The Balaban J connectivity index is 2.43. The molecular weight excluding hydrogens is 268 g/mol. The summed E-state index contributed by atoms with van der Waals surface area (Å²) in [6.07, 6.45) is 0.977. The molecular formula is C12H19BrN2O. The highest BCUT2D eigenvalue weighted by molar-refractivity contribution is 9.10. The van der Waals surface area contributed by atoms with Crippen LogP contribution in [0.4, 0.5) is 0 Å². The summed E-state index contributed by atoms with van der Waals surface area (Å²) in [5.74, 6) is 0.583. The lowest BCUT2D eigenvalue weighted by Crippen LogP contribution is -2.33. The molecule has 1 aromatic rings. The molecule has 0 bridgehead atoms. The lowest BCUT2D eigenvalue weighted by atomic mass is 10.0. The zero-order chi connectivity index (χ0) is 12.0. The Morgan fingerprint density at radius 2 is 2.19 bits per heavy atom. The van der Waals surface area contributed by atoms with Gasteiger partial charge in [0.25, 0.3) is 0 Å². The molecule has 0 aliphatic carbocycles. The van der Waals surface area contributed by atoms with E-state index in [1.165, 1.54) is 0 Å². The number of hydrogen-bond donors (Lipinski definition) is 2. The maximum Gasteiger partial charge on any atom is 0.106 e. The van der Waals surface area contributed by atoms with Crippen molar-refractivity contribution in [2.75, 3.05) is 6.61 Å². The summed E-state index contributed by atoms with van der Waals surface area (Å²) in [4.78, 5) is 4.33. The number of pyridine rings is 1. The third-order valence-corrected chi connectivity index (χ3v) is 2.76. The normalized spacial score (nSPS) is 13.1. The highest BCUT2D eigenvalue weighted by Crippen LogP contribution is 2.08. The molecule has 1 rings (SSSR count). The van der Waals surface area contributed by atoms with Gasteiger partial charge in [-0.3, -0.25) is 0 Å². The third-order valence-electron chi connectivity index (χ3n) is 2.32. The topological polar surface area (TPSA) is 45.1 Å². The van der Waals surface area contributed by atoms with Crippen LogP contribution >= 0.6 is 15.9 Å². The van der Waals surface area contributed by atoms with E-state index in [0.717, 1.165) is 16.7 Å². The van der Waals surface area contributed by atoms with Crippen molar-refractivity contribution >= 4 is 15.9 Å². The molecule has 2 N–H and O–H groups in total. The number of aliphatic hydroxyl groups is 1. The highest BCUT2D eigenvalue weighted by Gasteiger charge is 2.09. The van der Waals surface area contributed by atoms with Gasteiger partial charge in [0.05, 0.1) is 12.3 Å². The van der Waals surface area contributed by atoms with Gasteiger partial charge in [-0.15, -0.1) is 0 Å². The molecule has 1 aromatic heterocycles. The van der Waals surface area contributed by atoms with Crippen molar-refractivity contribution in [3.8, 4) is 0 Å². The van der Waals surface area contributed by atoms with Crippen LogP contribution in [0.3, 0.4) is 0 Å². The lowest BCUT2D eigenvalue weighted by Gasteiger charge is -2.17. The molecule has 4 heteroatoms. The van der Waals surface area contributed by atoms with E-state index in [0.29, 0.717) is 12.5 Å². The molecule has 1 unspecified atom stereocenters. The first kappa shape index (κ1) is 13.6. The summed E-state index contributed by atoms with van der Waals surface area (Å²) in [6, 6.07) is 5.99. The van der Waals surface area contributed by atoms with Crippen LogP contribution in [-0.4, -0.2) is 22.7 Å². The van der Waals surface area contributed by atoms with Gasteiger partial charge in [0.15, 0.2) is 0 Å². The van der Waals surface area contributed by atoms with Gasteiger partial charge in [0.1, 0.15) is 4.60 Å². The van der Waals surface area contributed by atoms with Crippen molar-refractivity contribution in [3.05, 3.63) is 28.5 Å². The van der Waals surface area contributed by atoms with Crippen LogP contribution in [0.15, 0.2) is 22.8 Å². The second kappa shape index (κ2) is 6.99. The molecule has 0 fully saturated rings. The Bertz CT molecular complexity index is 318. The first-order valence-corrected chi connectivity index (χ1v) is 6.36. The Hall–Kier alpha value is -0.450. The van der Waals surface area contributed by atoms with Crippen molar-refractivity contribution in [2.24, 2.45) is 5.92 Å². The number of hydrogen-bond acceptors (Lipinski definition) is 3. The SMILES string of the molecule is CC(C)CC(CO)NCc1cccc(Br)n1. The van der Waals surface area contributed by atoms with Crippen molar-refractivity contribution in [1.29, 1.82) is 0 Å². The number of halogens is 1. The summed E-state index contributed by atoms with van der Waals surface area (Å²) in [6.45, 7) is 5.17. The maximum absolute atomic E-state index is 9.22. The lowest BCUT2D eigenvalue weighted by molar-refractivity contribution is 0.223. The zero-order valence-corrected chi connectivity index (χ0v) is 11.4. The summed E-state index contributed by atoms with van der Waals surface area (Å²) in [7, 11) is 0. The van der Waals surface area contributed by atoms with Gasteiger partial charge < -0.3 is 10.4 Å². The van der Waals surface area contributed by atoms with E-state index < -0.39 is 0 Å². The predicted molar refractivity (Wildman–Crippen MR) is 69.1 cm³/mol. The number of aromatic nitrogens is 1. The van der Waals surface area contributed by atoms with Gasteiger partial charge in [-0.1, -0.05) is 19.9 Å². The zero-order valence-electron chi connectivity index (χ0n) is 9.78. The van der Waals surface area contributed by atoms with Crippen LogP contribution in [0.1, 0.15) is 26.0 Å². The number of nitrogens with zero attached hydrogens (tertiary/aromatic N) is 1. The second-order valence-electron chi connectivity index (χ2n) is 4.34. The fourth-order valence-corrected chi connectivity index (χ4v) is 1.97.